The van der Waals surface area contributed by atoms with E-state index in [1.54, 1.807) is 0 Å². The molecule has 0 aliphatic rings. The molecule has 2 amide bonds. The van der Waals surface area contributed by atoms with Crippen molar-refractivity contribution < 1.29 is 14.3 Å². The third kappa shape index (κ3) is 5.35. The Labute approximate surface area is 65.1 Å². The Morgan fingerprint density at radius 2 is 1.45 bits per heavy atom. The fraction of sp³-hybridized carbons (Fsp3) is 0.667. The first-order chi connectivity index (χ1) is 5.20. The number of ether oxygens (including phenoxy) is 1. The van der Waals surface area contributed by atoms with Crippen molar-refractivity contribution in [1.82, 2.24) is 10.6 Å². The highest BCUT2D eigenvalue weighted by atomic mass is 16.5. The summed E-state index contributed by atoms with van der Waals surface area (Å²) in [6.45, 7) is -0.159. The molecule has 0 aliphatic carbocycles. The van der Waals surface area contributed by atoms with Gasteiger partial charge in [-0.1, -0.05) is 0 Å². The van der Waals surface area contributed by atoms with Crippen LogP contribution in [0.15, 0.2) is 0 Å². The van der Waals surface area contributed by atoms with Gasteiger partial charge >= 0.3 is 0 Å². The van der Waals surface area contributed by atoms with Crippen molar-refractivity contribution in [2.75, 3.05) is 27.3 Å². The molecule has 0 spiro atoms. The van der Waals surface area contributed by atoms with Crippen molar-refractivity contribution in [2.24, 2.45) is 0 Å². The van der Waals surface area contributed by atoms with Crippen molar-refractivity contribution in [2.45, 2.75) is 0 Å². The second kappa shape index (κ2) is 5.67. The molecule has 0 aromatic rings. The Morgan fingerprint density at radius 3 is 1.73 bits per heavy atom. The van der Waals surface area contributed by atoms with Crippen LogP contribution in [0.1, 0.15) is 0 Å². The van der Waals surface area contributed by atoms with Crippen molar-refractivity contribution >= 4 is 11.8 Å². The molecule has 0 bridgehead atoms. The fourth-order valence-electron chi connectivity index (χ4n) is 0.381. The van der Waals surface area contributed by atoms with Crippen LogP contribution >= 0.6 is 0 Å². The van der Waals surface area contributed by atoms with Gasteiger partial charge in [-0.3, -0.25) is 9.59 Å². The highest BCUT2D eigenvalue weighted by Gasteiger charge is 2.00. The largest absolute Gasteiger partial charge is 0.362 e. The van der Waals surface area contributed by atoms with Gasteiger partial charge in [0.2, 0.25) is 11.8 Å². The zero-order valence-electron chi connectivity index (χ0n) is 6.64. The molecule has 0 heterocycles. The molecule has 0 unspecified atom stereocenters. The van der Waals surface area contributed by atoms with Gasteiger partial charge in [-0.15, -0.1) is 0 Å². The summed E-state index contributed by atoms with van der Waals surface area (Å²) in [4.78, 5) is 21.0. The van der Waals surface area contributed by atoms with Gasteiger partial charge < -0.3 is 15.4 Å². The Hall–Kier alpha value is -1.10. The van der Waals surface area contributed by atoms with E-state index >= 15 is 0 Å². The van der Waals surface area contributed by atoms with E-state index in [2.05, 4.69) is 10.6 Å². The van der Waals surface area contributed by atoms with E-state index in [4.69, 9.17) is 4.74 Å². The van der Waals surface area contributed by atoms with Crippen molar-refractivity contribution in [3.8, 4) is 0 Å². The number of hydrogen-bond donors (Lipinski definition) is 2. The van der Waals surface area contributed by atoms with Crippen molar-refractivity contribution in [3.05, 3.63) is 0 Å². The van der Waals surface area contributed by atoms with E-state index in [0.29, 0.717) is 0 Å². The predicted molar refractivity (Wildman–Crippen MR) is 39.0 cm³/mol. The van der Waals surface area contributed by atoms with Gasteiger partial charge in [0.05, 0.1) is 0 Å². The van der Waals surface area contributed by atoms with Gasteiger partial charge in [0.1, 0.15) is 13.2 Å². The number of likely N-dealkylation sites (N-methyl/N-ethyl adjacent to an activating group) is 2. The molecular weight excluding hydrogens is 148 g/mol. The first-order valence-electron chi connectivity index (χ1n) is 3.19. The van der Waals surface area contributed by atoms with Crippen LogP contribution in [0.5, 0.6) is 0 Å². The summed E-state index contributed by atoms with van der Waals surface area (Å²) in [5, 5.41) is 4.72. The quantitative estimate of drug-likeness (QED) is 0.525. The molecule has 5 nitrogen and oxygen atoms in total. The monoisotopic (exact) mass is 160 g/mol. The van der Waals surface area contributed by atoms with Crippen LogP contribution in [-0.4, -0.2) is 39.1 Å². The van der Waals surface area contributed by atoms with Crippen LogP contribution in [0.25, 0.3) is 0 Å². The first-order valence-corrected chi connectivity index (χ1v) is 3.19. The average Bonchev–Trinajstić information content (AvgIpc) is 2.04. The Morgan fingerprint density at radius 1 is 1.09 bits per heavy atom. The van der Waals surface area contributed by atoms with Crippen LogP contribution in [0.2, 0.25) is 0 Å². The minimum atomic E-state index is -0.242. The second-order valence-electron chi connectivity index (χ2n) is 1.84. The van der Waals surface area contributed by atoms with Gasteiger partial charge in [-0.2, -0.15) is 0 Å². The summed E-state index contributed by atoms with van der Waals surface area (Å²) < 4.78 is 4.71. The van der Waals surface area contributed by atoms with E-state index in [0.717, 1.165) is 0 Å². The number of rotatable bonds is 4. The first kappa shape index (κ1) is 9.90. The molecule has 0 atom stereocenters. The van der Waals surface area contributed by atoms with Gasteiger partial charge in [-0.05, 0) is 0 Å². The van der Waals surface area contributed by atoms with Crippen molar-refractivity contribution in [1.29, 1.82) is 0 Å². The lowest BCUT2D eigenvalue weighted by Crippen LogP contribution is -2.28. The molecule has 0 radical (unpaired) electrons. The molecule has 0 rings (SSSR count). The van der Waals surface area contributed by atoms with E-state index in [1.807, 2.05) is 0 Å². The third-order valence-corrected chi connectivity index (χ3v) is 1.02. The lowest BCUT2D eigenvalue weighted by Gasteiger charge is -2.00. The number of amides is 2. The Bertz CT molecular complexity index is 131. The summed E-state index contributed by atoms with van der Waals surface area (Å²) >= 11 is 0. The lowest BCUT2D eigenvalue weighted by atomic mass is 10.6. The van der Waals surface area contributed by atoms with Gasteiger partial charge in [-0.25, -0.2) is 0 Å². The predicted octanol–water partition coefficient (Wildman–Crippen LogP) is -1.50. The van der Waals surface area contributed by atoms with Crippen molar-refractivity contribution in [3.63, 3.8) is 0 Å². The summed E-state index contributed by atoms with van der Waals surface area (Å²) in [6, 6.07) is 0. The summed E-state index contributed by atoms with van der Waals surface area (Å²) in [5.41, 5.74) is 0. The van der Waals surface area contributed by atoms with Crippen LogP contribution in [0, 0.1) is 0 Å². The number of hydrogen-bond acceptors (Lipinski definition) is 3. The third-order valence-electron chi connectivity index (χ3n) is 1.02. The van der Waals surface area contributed by atoms with Gasteiger partial charge in [0.25, 0.3) is 0 Å². The highest BCUT2D eigenvalue weighted by Crippen LogP contribution is 1.73. The molecule has 5 heteroatoms. The Balaban J connectivity index is 3.27. The van der Waals surface area contributed by atoms with Gasteiger partial charge in [0.15, 0.2) is 0 Å². The summed E-state index contributed by atoms with van der Waals surface area (Å²) in [7, 11) is 3.01. The smallest absolute Gasteiger partial charge is 0.245 e. The van der Waals surface area contributed by atoms with E-state index < -0.39 is 0 Å². The molecule has 0 fully saturated rings. The fourth-order valence-corrected chi connectivity index (χ4v) is 0.381. The van der Waals surface area contributed by atoms with Crippen LogP contribution in [0.4, 0.5) is 0 Å². The van der Waals surface area contributed by atoms with E-state index in [-0.39, 0.29) is 25.0 Å². The average molecular weight is 160 g/mol. The minimum absolute atomic E-state index is 0.0794. The molecule has 2 N–H and O–H groups in total. The summed E-state index contributed by atoms with van der Waals surface area (Å²) in [5.74, 6) is -0.484. The van der Waals surface area contributed by atoms with Crippen LogP contribution in [0.3, 0.4) is 0 Å². The second-order valence-corrected chi connectivity index (χ2v) is 1.84. The molecular formula is C6H12N2O3. The SMILES string of the molecule is CNC(=O)COCC(=O)NC. The van der Waals surface area contributed by atoms with E-state index in [1.165, 1.54) is 14.1 Å². The maximum atomic E-state index is 10.5. The van der Waals surface area contributed by atoms with Crippen LogP contribution < -0.4 is 10.6 Å². The molecule has 0 saturated carbocycles. The Kier molecular flexibility index (Phi) is 5.10. The molecule has 0 saturated heterocycles. The maximum absolute atomic E-state index is 10.5. The molecule has 11 heavy (non-hydrogen) atoms. The molecule has 0 aromatic carbocycles. The molecule has 64 valence electrons. The normalized spacial score (nSPS) is 8.91. The van der Waals surface area contributed by atoms with Gasteiger partial charge in [0, 0.05) is 14.1 Å². The standard InChI is InChI=1S/C6H12N2O3/c1-7-5(9)3-11-4-6(10)8-2/h3-4H2,1-2H3,(H,7,9)(H,8,10). The maximum Gasteiger partial charge on any atom is 0.245 e. The molecule has 0 aromatic heterocycles. The zero-order chi connectivity index (χ0) is 8.69. The number of carbonyl (C=O) groups excluding carboxylic acids is 2. The topological polar surface area (TPSA) is 67.4 Å². The lowest BCUT2D eigenvalue weighted by molar-refractivity contribution is -0.130. The minimum Gasteiger partial charge on any atom is -0.362 e. The summed E-state index contributed by atoms with van der Waals surface area (Å²) in [6.07, 6.45) is 0. The molecule has 0 aliphatic heterocycles. The van der Waals surface area contributed by atoms with E-state index in [9.17, 15) is 9.59 Å². The van der Waals surface area contributed by atoms with Crippen LogP contribution in [-0.2, 0) is 14.3 Å². The number of nitrogens with one attached hydrogen (secondary N) is 2. The number of carbonyl (C=O) groups is 2. The highest BCUT2D eigenvalue weighted by molar-refractivity contribution is 5.79. The zero-order valence-corrected chi connectivity index (χ0v) is 6.64.